The lowest BCUT2D eigenvalue weighted by molar-refractivity contribution is 0.337. The summed E-state index contributed by atoms with van der Waals surface area (Å²) in [6.07, 6.45) is 3.95. The van der Waals surface area contributed by atoms with Crippen molar-refractivity contribution in [1.82, 2.24) is 10.3 Å². The van der Waals surface area contributed by atoms with Crippen molar-refractivity contribution in [3.8, 4) is 5.75 Å². The fourth-order valence-corrected chi connectivity index (χ4v) is 2.16. The number of phenolic OH excluding ortho intramolecular Hbond substituents is 1. The molecule has 0 saturated heterocycles. The average Bonchev–Trinajstić information content (AvgIpc) is 2.60. The second-order valence-corrected chi connectivity index (χ2v) is 4.54. The zero-order valence-electron chi connectivity index (χ0n) is 9.16. The van der Waals surface area contributed by atoms with Gasteiger partial charge in [-0.05, 0) is 25.0 Å². The predicted octanol–water partition coefficient (Wildman–Crippen LogP) is 2.52. The molecule has 3 heteroatoms. The van der Waals surface area contributed by atoms with Crippen molar-refractivity contribution in [3.05, 3.63) is 30.0 Å². The van der Waals surface area contributed by atoms with Crippen molar-refractivity contribution in [2.24, 2.45) is 0 Å². The SMILES string of the molecule is Oc1cccc2cc(CNC3CCC3)[nH]c12. The standard InChI is InChI=1S/C13H16N2O/c16-12-6-1-3-9-7-11(15-13(9)12)8-14-10-4-2-5-10/h1,3,6-7,10,14-16H,2,4-5,8H2. The Morgan fingerprint density at radius 2 is 2.25 bits per heavy atom. The average molecular weight is 216 g/mol. The van der Waals surface area contributed by atoms with Gasteiger partial charge in [0.25, 0.3) is 0 Å². The number of fused-ring (bicyclic) bond motifs is 1. The first kappa shape index (κ1) is 9.73. The summed E-state index contributed by atoms with van der Waals surface area (Å²) in [6.45, 7) is 0.860. The first-order valence-corrected chi connectivity index (χ1v) is 5.86. The Kier molecular flexibility index (Phi) is 2.33. The summed E-state index contributed by atoms with van der Waals surface area (Å²) >= 11 is 0. The van der Waals surface area contributed by atoms with Gasteiger partial charge in [0.15, 0.2) is 0 Å². The number of aromatic nitrogens is 1. The van der Waals surface area contributed by atoms with E-state index in [9.17, 15) is 5.11 Å². The van der Waals surface area contributed by atoms with Gasteiger partial charge in [0.2, 0.25) is 0 Å². The summed E-state index contributed by atoms with van der Waals surface area (Å²) in [7, 11) is 0. The van der Waals surface area contributed by atoms with Crippen molar-refractivity contribution in [3.63, 3.8) is 0 Å². The monoisotopic (exact) mass is 216 g/mol. The van der Waals surface area contributed by atoms with E-state index in [1.165, 1.54) is 19.3 Å². The minimum atomic E-state index is 0.326. The zero-order valence-corrected chi connectivity index (χ0v) is 9.16. The Balaban J connectivity index is 1.79. The van der Waals surface area contributed by atoms with Crippen LogP contribution in [0, 0.1) is 0 Å². The smallest absolute Gasteiger partial charge is 0.139 e. The molecule has 0 amide bonds. The number of aromatic hydroxyl groups is 1. The van der Waals surface area contributed by atoms with Gasteiger partial charge in [-0.25, -0.2) is 0 Å². The van der Waals surface area contributed by atoms with Crippen molar-refractivity contribution >= 4 is 10.9 Å². The molecule has 0 unspecified atom stereocenters. The van der Waals surface area contributed by atoms with E-state index < -0.39 is 0 Å². The van der Waals surface area contributed by atoms with Gasteiger partial charge in [0.1, 0.15) is 5.75 Å². The maximum Gasteiger partial charge on any atom is 0.139 e. The number of phenols is 1. The summed E-state index contributed by atoms with van der Waals surface area (Å²) < 4.78 is 0. The number of aromatic amines is 1. The van der Waals surface area contributed by atoms with Crippen molar-refractivity contribution < 1.29 is 5.11 Å². The minimum Gasteiger partial charge on any atom is -0.506 e. The highest BCUT2D eigenvalue weighted by Crippen LogP contribution is 2.24. The van der Waals surface area contributed by atoms with Gasteiger partial charge in [-0.1, -0.05) is 18.6 Å². The fourth-order valence-electron chi connectivity index (χ4n) is 2.16. The van der Waals surface area contributed by atoms with Gasteiger partial charge in [-0.15, -0.1) is 0 Å². The molecule has 1 fully saturated rings. The van der Waals surface area contributed by atoms with Crippen molar-refractivity contribution in [2.75, 3.05) is 0 Å². The number of H-pyrrole nitrogens is 1. The summed E-state index contributed by atoms with van der Waals surface area (Å²) in [6, 6.07) is 8.38. The van der Waals surface area contributed by atoms with Gasteiger partial charge >= 0.3 is 0 Å². The Hall–Kier alpha value is -1.48. The van der Waals surface area contributed by atoms with Crippen LogP contribution in [0.25, 0.3) is 10.9 Å². The van der Waals surface area contributed by atoms with Crippen LogP contribution in [0.1, 0.15) is 25.0 Å². The molecular weight excluding hydrogens is 200 g/mol. The molecule has 3 rings (SSSR count). The maximum atomic E-state index is 9.67. The van der Waals surface area contributed by atoms with E-state index in [1.807, 2.05) is 12.1 Å². The third kappa shape index (κ3) is 1.67. The Labute approximate surface area is 94.5 Å². The van der Waals surface area contributed by atoms with Crippen molar-refractivity contribution in [2.45, 2.75) is 31.8 Å². The molecule has 1 aromatic heterocycles. The van der Waals surface area contributed by atoms with E-state index in [0.717, 1.165) is 23.1 Å². The van der Waals surface area contributed by atoms with Gasteiger partial charge in [-0.2, -0.15) is 0 Å². The predicted molar refractivity (Wildman–Crippen MR) is 64.4 cm³/mol. The normalized spacial score (nSPS) is 16.5. The van der Waals surface area contributed by atoms with Crippen LogP contribution in [-0.4, -0.2) is 16.1 Å². The molecule has 0 bridgehead atoms. The molecule has 0 radical (unpaired) electrons. The van der Waals surface area contributed by atoms with Crippen LogP contribution in [0.3, 0.4) is 0 Å². The van der Waals surface area contributed by atoms with E-state index >= 15 is 0 Å². The van der Waals surface area contributed by atoms with Crippen LogP contribution < -0.4 is 5.32 Å². The van der Waals surface area contributed by atoms with E-state index in [-0.39, 0.29) is 0 Å². The van der Waals surface area contributed by atoms with Crippen LogP contribution in [0.5, 0.6) is 5.75 Å². The first-order valence-electron chi connectivity index (χ1n) is 5.86. The van der Waals surface area contributed by atoms with E-state index in [4.69, 9.17) is 0 Å². The van der Waals surface area contributed by atoms with Crippen LogP contribution in [0.2, 0.25) is 0 Å². The molecule has 1 aliphatic rings. The third-order valence-electron chi connectivity index (χ3n) is 3.38. The molecule has 0 spiro atoms. The lowest BCUT2D eigenvalue weighted by atomic mass is 9.93. The molecule has 3 nitrogen and oxygen atoms in total. The highest BCUT2D eigenvalue weighted by molar-refractivity contribution is 5.85. The molecule has 2 aromatic rings. The van der Waals surface area contributed by atoms with Gasteiger partial charge in [-0.3, -0.25) is 0 Å². The van der Waals surface area contributed by atoms with E-state index in [0.29, 0.717) is 11.8 Å². The highest BCUT2D eigenvalue weighted by Gasteiger charge is 2.16. The number of rotatable bonds is 3. The van der Waals surface area contributed by atoms with Crippen molar-refractivity contribution in [1.29, 1.82) is 0 Å². The second kappa shape index (κ2) is 3.83. The van der Waals surface area contributed by atoms with Gasteiger partial charge in [0.05, 0.1) is 5.52 Å². The van der Waals surface area contributed by atoms with Gasteiger partial charge in [0, 0.05) is 23.7 Å². The fraction of sp³-hybridized carbons (Fsp3) is 0.385. The lowest BCUT2D eigenvalue weighted by Crippen LogP contribution is -2.34. The Morgan fingerprint density at radius 3 is 2.94 bits per heavy atom. The summed E-state index contributed by atoms with van der Waals surface area (Å²) in [5.74, 6) is 0.326. The molecule has 3 N–H and O–H groups in total. The molecule has 0 aliphatic heterocycles. The minimum absolute atomic E-state index is 0.326. The molecule has 1 aliphatic carbocycles. The number of hydrogen-bond acceptors (Lipinski definition) is 2. The molecular formula is C13H16N2O. The molecule has 1 aromatic carbocycles. The molecule has 1 saturated carbocycles. The number of para-hydroxylation sites is 1. The Morgan fingerprint density at radius 1 is 1.38 bits per heavy atom. The number of nitrogens with one attached hydrogen (secondary N) is 2. The summed E-state index contributed by atoms with van der Waals surface area (Å²) in [4.78, 5) is 3.25. The second-order valence-electron chi connectivity index (χ2n) is 4.54. The summed E-state index contributed by atoms with van der Waals surface area (Å²) in [5.41, 5.74) is 1.98. The quantitative estimate of drug-likeness (QED) is 0.738. The topological polar surface area (TPSA) is 48.0 Å². The molecule has 1 heterocycles. The first-order chi connectivity index (χ1) is 7.83. The highest BCUT2D eigenvalue weighted by atomic mass is 16.3. The number of hydrogen-bond donors (Lipinski definition) is 3. The third-order valence-corrected chi connectivity index (χ3v) is 3.38. The maximum absolute atomic E-state index is 9.67. The zero-order chi connectivity index (χ0) is 11.0. The largest absolute Gasteiger partial charge is 0.506 e. The number of benzene rings is 1. The molecule has 0 atom stereocenters. The van der Waals surface area contributed by atoms with E-state index in [1.54, 1.807) is 6.07 Å². The van der Waals surface area contributed by atoms with Crippen LogP contribution in [0.15, 0.2) is 24.3 Å². The van der Waals surface area contributed by atoms with Crippen LogP contribution in [0.4, 0.5) is 0 Å². The van der Waals surface area contributed by atoms with Gasteiger partial charge < -0.3 is 15.4 Å². The van der Waals surface area contributed by atoms with E-state index in [2.05, 4.69) is 16.4 Å². The molecule has 16 heavy (non-hydrogen) atoms. The molecule has 84 valence electrons. The Bertz CT molecular complexity index is 500. The van der Waals surface area contributed by atoms with Crippen LogP contribution in [-0.2, 0) is 6.54 Å². The summed E-state index contributed by atoms with van der Waals surface area (Å²) in [5, 5.41) is 14.2. The lowest BCUT2D eigenvalue weighted by Gasteiger charge is -2.26. The van der Waals surface area contributed by atoms with Crippen LogP contribution >= 0.6 is 0 Å².